The van der Waals surface area contributed by atoms with E-state index < -0.39 is 18.0 Å². The first kappa shape index (κ1) is 15.4. The van der Waals surface area contributed by atoms with Gasteiger partial charge in [0.15, 0.2) is 6.10 Å². The molecule has 1 heterocycles. The maximum absolute atomic E-state index is 13.6. The van der Waals surface area contributed by atoms with E-state index in [-0.39, 0.29) is 24.9 Å². The summed E-state index contributed by atoms with van der Waals surface area (Å²) in [5.41, 5.74) is 0.487. The van der Waals surface area contributed by atoms with Crippen LogP contribution in [0.1, 0.15) is 12.5 Å². The van der Waals surface area contributed by atoms with E-state index >= 15 is 0 Å². The van der Waals surface area contributed by atoms with E-state index in [1.54, 1.807) is 25.1 Å². The quantitative estimate of drug-likeness (QED) is 0.909. The van der Waals surface area contributed by atoms with E-state index in [9.17, 15) is 14.0 Å². The molecule has 114 valence electrons. The zero-order chi connectivity index (χ0) is 15.4. The highest BCUT2D eigenvalue weighted by atomic mass is 19.1. The van der Waals surface area contributed by atoms with Crippen molar-refractivity contribution in [3.8, 4) is 0 Å². The number of rotatable bonds is 4. The number of halogens is 1. The molecule has 2 rings (SSSR count). The average Bonchev–Trinajstić information content (AvgIpc) is 2.49. The number of ether oxygens (including phenoxy) is 1. The summed E-state index contributed by atoms with van der Waals surface area (Å²) >= 11 is 0. The number of amides is 1. The van der Waals surface area contributed by atoms with Crippen LogP contribution < -0.4 is 0 Å². The molecule has 1 amide bonds. The molecule has 0 aromatic heterocycles. The average molecular weight is 295 g/mol. The third kappa shape index (κ3) is 3.78. The number of carbonyl (C=O) groups is 2. The molecule has 0 unspecified atom stereocenters. The number of carbonyl (C=O) groups excluding carboxylic acids is 1. The number of carboxylic acids is 1. The Hall–Kier alpha value is -1.95. The lowest BCUT2D eigenvalue weighted by atomic mass is 9.99. The van der Waals surface area contributed by atoms with Gasteiger partial charge in [-0.15, -0.1) is 0 Å². The second kappa shape index (κ2) is 6.67. The van der Waals surface area contributed by atoms with Gasteiger partial charge in [-0.3, -0.25) is 4.79 Å². The van der Waals surface area contributed by atoms with Crippen LogP contribution in [0, 0.1) is 11.7 Å². The van der Waals surface area contributed by atoms with Crippen molar-refractivity contribution < 1.29 is 23.8 Å². The molecular formula is C15H18FNO4. The molecule has 5 nitrogen and oxygen atoms in total. The lowest BCUT2D eigenvalue weighted by molar-refractivity contribution is -0.160. The van der Waals surface area contributed by atoms with Crippen molar-refractivity contribution in [2.24, 2.45) is 5.92 Å². The molecule has 0 bridgehead atoms. The first-order valence-corrected chi connectivity index (χ1v) is 6.85. The van der Waals surface area contributed by atoms with Crippen LogP contribution in [0.5, 0.6) is 0 Å². The Morgan fingerprint density at radius 3 is 2.86 bits per heavy atom. The topological polar surface area (TPSA) is 66.8 Å². The maximum Gasteiger partial charge on any atom is 0.334 e. The Bertz CT molecular complexity index is 534. The third-order valence-electron chi connectivity index (χ3n) is 3.56. The minimum atomic E-state index is -1.07. The predicted octanol–water partition coefficient (Wildman–Crippen LogP) is 1.32. The molecular weight excluding hydrogens is 277 g/mol. The summed E-state index contributed by atoms with van der Waals surface area (Å²) in [6.07, 6.45) is -0.691. The number of morpholine rings is 1. The van der Waals surface area contributed by atoms with Gasteiger partial charge in [0.25, 0.3) is 0 Å². The monoisotopic (exact) mass is 295 g/mol. The second-order valence-corrected chi connectivity index (χ2v) is 5.18. The van der Waals surface area contributed by atoms with Crippen LogP contribution in [-0.4, -0.2) is 47.7 Å². The molecule has 21 heavy (non-hydrogen) atoms. The van der Waals surface area contributed by atoms with Crippen molar-refractivity contribution in [3.63, 3.8) is 0 Å². The first-order chi connectivity index (χ1) is 9.99. The van der Waals surface area contributed by atoms with Gasteiger partial charge in [-0.25, -0.2) is 9.18 Å². The van der Waals surface area contributed by atoms with E-state index in [0.29, 0.717) is 18.5 Å². The largest absolute Gasteiger partial charge is 0.479 e. The Morgan fingerprint density at radius 1 is 1.48 bits per heavy atom. The van der Waals surface area contributed by atoms with Crippen LogP contribution in [0.4, 0.5) is 4.39 Å². The molecule has 1 saturated heterocycles. The van der Waals surface area contributed by atoms with E-state index in [4.69, 9.17) is 9.84 Å². The number of carboxylic acid groups (broad SMARTS) is 1. The zero-order valence-electron chi connectivity index (χ0n) is 11.8. The van der Waals surface area contributed by atoms with Gasteiger partial charge in [0.2, 0.25) is 5.91 Å². The summed E-state index contributed by atoms with van der Waals surface area (Å²) in [6, 6.07) is 6.34. The highest BCUT2D eigenvalue weighted by Crippen LogP contribution is 2.16. The summed E-state index contributed by atoms with van der Waals surface area (Å²) < 4.78 is 18.7. The molecule has 1 aromatic rings. The van der Waals surface area contributed by atoms with Crippen LogP contribution >= 0.6 is 0 Å². The maximum atomic E-state index is 13.6. The van der Waals surface area contributed by atoms with Gasteiger partial charge >= 0.3 is 5.97 Å². The molecule has 6 heteroatoms. The van der Waals surface area contributed by atoms with Crippen molar-refractivity contribution >= 4 is 11.9 Å². The van der Waals surface area contributed by atoms with Gasteiger partial charge in [0.05, 0.1) is 13.2 Å². The van der Waals surface area contributed by atoms with Gasteiger partial charge in [-0.05, 0) is 18.1 Å². The number of aliphatic carboxylic acids is 1. The van der Waals surface area contributed by atoms with Crippen molar-refractivity contribution in [1.82, 2.24) is 4.90 Å². The lowest BCUT2D eigenvalue weighted by Gasteiger charge is -2.32. The molecule has 1 N–H and O–H groups in total. The van der Waals surface area contributed by atoms with Crippen molar-refractivity contribution in [3.05, 3.63) is 35.6 Å². The summed E-state index contributed by atoms with van der Waals surface area (Å²) in [5.74, 6) is -1.99. The molecule has 0 spiro atoms. The van der Waals surface area contributed by atoms with E-state index in [2.05, 4.69) is 0 Å². The van der Waals surface area contributed by atoms with Crippen molar-refractivity contribution in [1.29, 1.82) is 0 Å². The number of hydrogen-bond acceptors (Lipinski definition) is 3. The van der Waals surface area contributed by atoms with Gasteiger partial charge < -0.3 is 14.7 Å². The van der Waals surface area contributed by atoms with Crippen LogP contribution in [0.3, 0.4) is 0 Å². The molecule has 1 aliphatic heterocycles. The van der Waals surface area contributed by atoms with Crippen molar-refractivity contribution in [2.75, 3.05) is 19.7 Å². The zero-order valence-corrected chi connectivity index (χ0v) is 11.8. The van der Waals surface area contributed by atoms with Crippen LogP contribution in [0.15, 0.2) is 24.3 Å². The summed E-state index contributed by atoms with van der Waals surface area (Å²) in [7, 11) is 0. The Morgan fingerprint density at radius 2 is 2.19 bits per heavy atom. The Balaban J connectivity index is 1.99. The van der Waals surface area contributed by atoms with Gasteiger partial charge in [0.1, 0.15) is 5.82 Å². The highest BCUT2D eigenvalue weighted by molar-refractivity contribution is 5.80. The molecule has 0 radical (unpaired) electrons. The number of benzene rings is 1. The second-order valence-electron chi connectivity index (χ2n) is 5.18. The van der Waals surface area contributed by atoms with E-state index in [1.807, 2.05) is 0 Å². The number of nitrogens with zero attached hydrogens (tertiary/aromatic N) is 1. The predicted molar refractivity (Wildman–Crippen MR) is 73.2 cm³/mol. The summed E-state index contributed by atoms with van der Waals surface area (Å²) in [4.78, 5) is 24.7. The van der Waals surface area contributed by atoms with Gasteiger partial charge in [-0.2, -0.15) is 0 Å². The fourth-order valence-electron chi connectivity index (χ4n) is 2.39. The minimum Gasteiger partial charge on any atom is -0.479 e. The van der Waals surface area contributed by atoms with E-state index in [0.717, 1.165) is 0 Å². The van der Waals surface area contributed by atoms with Crippen LogP contribution in [0.25, 0.3) is 0 Å². The molecule has 1 aromatic carbocycles. The van der Waals surface area contributed by atoms with Crippen molar-refractivity contribution in [2.45, 2.75) is 19.4 Å². The molecule has 1 aliphatic rings. The lowest BCUT2D eigenvalue weighted by Crippen LogP contribution is -2.50. The number of hydrogen-bond donors (Lipinski definition) is 1. The van der Waals surface area contributed by atoms with E-state index in [1.165, 1.54) is 11.0 Å². The smallest absolute Gasteiger partial charge is 0.334 e. The highest BCUT2D eigenvalue weighted by Gasteiger charge is 2.31. The minimum absolute atomic E-state index is 0.0375. The SMILES string of the molecule is C[C@H](Cc1ccccc1F)C(=O)N1CCO[C@H](C(=O)O)C1. The standard InChI is InChI=1S/C15H18FNO4/c1-10(8-11-4-2-3-5-12(11)16)14(18)17-6-7-21-13(9-17)15(19)20/h2-5,10,13H,6-9H2,1H3,(H,19,20)/t10-,13+/m1/s1. The molecule has 2 atom stereocenters. The normalized spacial score (nSPS) is 20.1. The fourth-order valence-corrected chi connectivity index (χ4v) is 2.39. The molecule has 1 fully saturated rings. The van der Waals surface area contributed by atoms with Gasteiger partial charge in [0, 0.05) is 12.5 Å². The van der Waals surface area contributed by atoms with Crippen LogP contribution in [0.2, 0.25) is 0 Å². The Labute approximate surface area is 122 Å². The molecule has 0 saturated carbocycles. The third-order valence-corrected chi connectivity index (χ3v) is 3.56. The Kier molecular flexibility index (Phi) is 4.90. The summed E-state index contributed by atoms with van der Waals surface area (Å²) in [6.45, 7) is 2.33. The molecule has 0 aliphatic carbocycles. The van der Waals surface area contributed by atoms with Crippen LogP contribution in [-0.2, 0) is 20.7 Å². The summed E-state index contributed by atoms with van der Waals surface area (Å²) in [5, 5.41) is 8.94. The van der Waals surface area contributed by atoms with Gasteiger partial charge in [-0.1, -0.05) is 25.1 Å². The first-order valence-electron chi connectivity index (χ1n) is 6.85. The fraction of sp³-hybridized carbons (Fsp3) is 0.467.